The lowest BCUT2D eigenvalue weighted by atomic mass is 9.94. The molecule has 0 bridgehead atoms. The molecule has 3 aliphatic rings. The largest absolute Gasteiger partial charge is 0.465 e. The Labute approximate surface area is 142 Å². The minimum Gasteiger partial charge on any atom is -0.465 e. The molecule has 0 spiro atoms. The first-order valence-electron chi connectivity index (χ1n) is 8.79. The predicted octanol–water partition coefficient (Wildman–Crippen LogP) is 2.32. The molecule has 23 heavy (non-hydrogen) atoms. The predicted molar refractivity (Wildman–Crippen MR) is 90.8 cm³/mol. The molecular weight excluding hydrogens is 312 g/mol. The van der Waals surface area contributed by atoms with Crippen LogP contribution in [0.2, 0.25) is 0 Å². The number of amides is 1. The van der Waals surface area contributed by atoms with E-state index in [1.54, 1.807) is 11.8 Å². The summed E-state index contributed by atoms with van der Waals surface area (Å²) >= 11 is 1.68. The van der Waals surface area contributed by atoms with Gasteiger partial charge < -0.3 is 15.4 Å². The quantitative estimate of drug-likeness (QED) is 0.770. The molecule has 1 fully saturated rings. The van der Waals surface area contributed by atoms with Gasteiger partial charge in [0, 0.05) is 0 Å². The number of hydrogen-bond acceptors (Lipinski definition) is 5. The van der Waals surface area contributed by atoms with Crippen LogP contribution in [-0.2, 0) is 14.3 Å². The van der Waals surface area contributed by atoms with E-state index in [1.807, 2.05) is 6.92 Å². The lowest BCUT2D eigenvalue weighted by Gasteiger charge is -2.23. The van der Waals surface area contributed by atoms with Crippen molar-refractivity contribution in [3.63, 3.8) is 0 Å². The van der Waals surface area contributed by atoms with Gasteiger partial charge in [-0.15, -0.1) is 11.8 Å². The molecule has 1 amide bonds. The van der Waals surface area contributed by atoms with Crippen LogP contribution < -0.4 is 10.6 Å². The van der Waals surface area contributed by atoms with Crippen LogP contribution >= 0.6 is 11.8 Å². The minimum atomic E-state index is -0.307. The van der Waals surface area contributed by atoms with Crippen molar-refractivity contribution in [3.05, 3.63) is 10.5 Å². The van der Waals surface area contributed by atoms with Gasteiger partial charge in [-0.1, -0.05) is 6.42 Å². The second kappa shape index (κ2) is 7.71. The zero-order valence-corrected chi connectivity index (χ0v) is 14.5. The van der Waals surface area contributed by atoms with Crippen LogP contribution in [0.1, 0.15) is 51.9 Å². The van der Waals surface area contributed by atoms with Gasteiger partial charge in [-0.2, -0.15) is 0 Å². The normalized spacial score (nSPS) is 30.7. The fourth-order valence-electron chi connectivity index (χ4n) is 3.71. The first kappa shape index (κ1) is 16.8. The Kier molecular flexibility index (Phi) is 5.64. The zero-order chi connectivity index (χ0) is 16.2. The van der Waals surface area contributed by atoms with Crippen LogP contribution in [0.25, 0.3) is 0 Å². The van der Waals surface area contributed by atoms with E-state index in [4.69, 9.17) is 4.74 Å². The number of nitrogens with one attached hydrogen (secondary N) is 2. The topological polar surface area (TPSA) is 67.4 Å². The summed E-state index contributed by atoms with van der Waals surface area (Å²) in [6, 6.07) is -0.112. The molecule has 0 saturated carbocycles. The molecule has 0 aromatic rings. The molecule has 6 heteroatoms. The second-order valence-electron chi connectivity index (χ2n) is 6.43. The van der Waals surface area contributed by atoms with E-state index in [2.05, 4.69) is 10.6 Å². The van der Waals surface area contributed by atoms with E-state index in [1.165, 1.54) is 23.3 Å². The monoisotopic (exact) mass is 338 g/mol. The van der Waals surface area contributed by atoms with Gasteiger partial charge in [0.05, 0.1) is 18.0 Å². The zero-order valence-electron chi connectivity index (χ0n) is 13.7. The summed E-state index contributed by atoms with van der Waals surface area (Å²) in [7, 11) is 0. The summed E-state index contributed by atoms with van der Waals surface area (Å²) < 4.78 is 5.30. The van der Waals surface area contributed by atoms with Crippen LogP contribution in [0, 0.1) is 5.92 Å². The highest BCUT2D eigenvalue weighted by atomic mass is 32.2. The molecule has 1 aliphatic carbocycles. The first-order valence-corrected chi connectivity index (χ1v) is 9.67. The first-order chi connectivity index (χ1) is 11.2. The lowest BCUT2D eigenvalue weighted by molar-refractivity contribution is -0.146. The Morgan fingerprint density at radius 3 is 2.83 bits per heavy atom. The van der Waals surface area contributed by atoms with E-state index in [-0.39, 0.29) is 29.2 Å². The number of thioether (sulfide) groups is 1. The molecule has 3 rings (SSSR count). The number of ether oxygens (including phenoxy) is 1. The molecule has 2 heterocycles. The molecule has 2 unspecified atom stereocenters. The van der Waals surface area contributed by atoms with E-state index in [0.29, 0.717) is 6.61 Å². The number of allylic oxidation sites excluding steroid dienone is 1. The highest BCUT2D eigenvalue weighted by Gasteiger charge is 2.42. The SMILES string of the molecule is CCOC(=O)C1C2=C(CCCCC2)SC1NC(=O)[C@H]1CCCN1. The average Bonchev–Trinajstić information content (AvgIpc) is 3.11. The summed E-state index contributed by atoms with van der Waals surface area (Å²) in [5.74, 6) is -0.470. The van der Waals surface area contributed by atoms with Gasteiger partial charge in [-0.05, 0) is 62.5 Å². The summed E-state index contributed by atoms with van der Waals surface area (Å²) in [5.41, 5.74) is 1.22. The van der Waals surface area contributed by atoms with Gasteiger partial charge in [0.1, 0.15) is 5.92 Å². The maximum atomic E-state index is 12.5. The van der Waals surface area contributed by atoms with Crippen LogP contribution in [0.5, 0.6) is 0 Å². The third-order valence-corrected chi connectivity index (χ3v) is 6.25. The number of rotatable bonds is 4. The van der Waals surface area contributed by atoms with Gasteiger partial charge in [-0.3, -0.25) is 9.59 Å². The summed E-state index contributed by atoms with van der Waals surface area (Å²) in [6.07, 6.45) is 7.41. The highest BCUT2D eigenvalue weighted by molar-refractivity contribution is 8.04. The van der Waals surface area contributed by atoms with Crippen molar-refractivity contribution in [3.8, 4) is 0 Å². The van der Waals surface area contributed by atoms with Gasteiger partial charge >= 0.3 is 5.97 Å². The van der Waals surface area contributed by atoms with Crippen LogP contribution in [0.4, 0.5) is 0 Å². The Morgan fingerprint density at radius 1 is 1.26 bits per heavy atom. The van der Waals surface area contributed by atoms with Crippen molar-refractivity contribution < 1.29 is 14.3 Å². The molecular formula is C17H26N2O3S. The van der Waals surface area contributed by atoms with Crippen molar-refractivity contribution in [1.82, 2.24) is 10.6 Å². The Balaban J connectivity index is 1.73. The number of carbonyl (C=O) groups excluding carboxylic acids is 2. The molecule has 0 aromatic heterocycles. The van der Waals surface area contributed by atoms with Crippen LogP contribution in [-0.4, -0.2) is 36.4 Å². The number of esters is 1. The Bertz CT molecular complexity index is 500. The maximum Gasteiger partial charge on any atom is 0.316 e. The molecule has 0 aromatic carbocycles. The highest BCUT2D eigenvalue weighted by Crippen LogP contribution is 2.47. The van der Waals surface area contributed by atoms with Crippen LogP contribution in [0.15, 0.2) is 10.5 Å². The number of hydrogen-bond donors (Lipinski definition) is 2. The van der Waals surface area contributed by atoms with Crippen molar-refractivity contribution in [2.24, 2.45) is 5.92 Å². The molecule has 0 radical (unpaired) electrons. The molecule has 5 nitrogen and oxygen atoms in total. The average molecular weight is 338 g/mol. The molecule has 2 aliphatic heterocycles. The smallest absolute Gasteiger partial charge is 0.316 e. The fourth-order valence-corrected chi connectivity index (χ4v) is 5.24. The van der Waals surface area contributed by atoms with Gasteiger partial charge in [0.15, 0.2) is 0 Å². The fraction of sp³-hybridized carbons (Fsp3) is 0.765. The van der Waals surface area contributed by atoms with Crippen LogP contribution in [0.3, 0.4) is 0 Å². The maximum absolute atomic E-state index is 12.5. The van der Waals surface area contributed by atoms with Crippen molar-refractivity contribution >= 4 is 23.6 Å². The Hall–Kier alpha value is -1.01. The standard InChI is InChI=1S/C17H26N2O3S/c1-2-22-17(21)14-11-7-4-3-5-9-13(11)23-16(14)19-15(20)12-8-6-10-18-12/h12,14,16,18H,2-10H2,1H3,(H,19,20)/t12-,14?,16?/m1/s1. The van der Waals surface area contributed by atoms with Gasteiger partial charge in [-0.25, -0.2) is 0 Å². The third-order valence-electron chi connectivity index (χ3n) is 4.86. The molecule has 1 saturated heterocycles. The van der Waals surface area contributed by atoms with E-state index in [9.17, 15) is 9.59 Å². The second-order valence-corrected chi connectivity index (χ2v) is 7.67. The van der Waals surface area contributed by atoms with Crippen molar-refractivity contribution in [2.45, 2.75) is 63.3 Å². The van der Waals surface area contributed by atoms with E-state index < -0.39 is 0 Å². The van der Waals surface area contributed by atoms with Gasteiger partial charge in [0.25, 0.3) is 0 Å². The molecule has 128 valence electrons. The van der Waals surface area contributed by atoms with E-state index >= 15 is 0 Å². The summed E-state index contributed by atoms with van der Waals surface area (Å²) in [5, 5.41) is 6.13. The number of carbonyl (C=O) groups is 2. The summed E-state index contributed by atoms with van der Waals surface area (Å²) in [6.45, 7) is 3.11. The molecule has 3 atom stereocenters. The van der Waals surface area contributed by atoms with E-state index in [0.717, 1.165) is 38.6 Å². The Morgan fingerprint density at radius 2 is 2.09 bits per heavy atom. The van der Waals surface area contributed by atoms with Crippen molar-refractivity contribution in [1.29, 1.82) is 0 Å². The van der Waals surface area contributed by atoms with Crippen molar-refractivity contribution in [2.75, 3.05) is 13.2 Å². The summed E-state index contributed by atoms with van der Waals surface area (Å²) in [4.78, 5) is 26.2. The minimum absolute atomic E-state index is 0.0203. The van der Waals surface area contributed by atoms with Gasteiger partial charge in [0.2, 0.25) is 5.91 Å². The molecule has 2 N–H and O–H groups in total. The lowest BCUT2D eigenvalue weighted by Crippen LogP contribution is -2.47. The third kappa shape index (κ3) is 3.74.